The Morgan fingerprint density at radius 3 is 2.30 bits per heavy atom. The van der Waals surface area contributed by atoms with Crippen LogP contribution in [-0.4, -0.2) is 31.4 Å². The highest BCUT2D eigenvalue weighted by atomic mass is 32.2. The number of benzene rings is 1. The maximum Gasteiger partial charge on any atom is 0.231 e. The molecule has 4 nitrogen and oxygen atoms in total. The van der Waals surface area contributed by atoms with Crippen LogP contribution in [0.15, 0.2) is 18.2 Å². The van der Waals surface area contributed by atoms with Gasteiger partial charge in [0.2, 0.25) is 5.91 Å². The first-order chi connectivity index (χ1) is 10.8. The van der Waals surface area contributed by atoms with Crippen LogP contribution in [0.2, 0.25) is 0 Å². The van der Waals surface area contributed by atoms with Crippen molar-refractivity contribution in [2.24, 2.45) is 0 Å². The third-order valence-corrected chi connectivity index (χ3v) is 7.51. The molecule has 1 amide bonds. The molecule has 23 heavy (non-hydrogen) atoms. The fourth-order valence-electron chi connectivity index (χ4n) is 3.53. The third-order valence-electron chi connectivity index (χ3n) is 5.25. The first kappa shape index (κ1) is 16.4. The molecule has 1 saturated heterocycles. The van der Waals surface area contributed by atoms with Crippen molar-refractivity contribution in [3.63, 3.8) is 0 Å². The molecule has 0 bridgehead atoms. The second kappa shape index (κ2) is 5.54. The van der Waals surface area contributed by atoms with Crippen LogP contribution in [0.4, 0.5) is 8.78 Å². The van der Waals surface area contributed by atoms with E-state index in [4.69, 9.17) is 0 Å². The van der Waals surface area contributed by atoms with Gasteiger partial charge in [-0.3, -0.25) is 4.79 Å². The number of sulfone groups is 1. The van der Waals surface area contributed by atoms with Crippen LogP contribution < -0.4 is 5.32 Å². The number of carbonyl (C=O) groups excluding carboxylic acids is 1. The van der Waals surface area contributed by atoms with Crippen molar-refractivity contribution in [3.05, 3.63) is 35.4 Å². The Morgan fingerprint density at radius 2 is 1.87 bits per heavy atom. The molecule has 0 radical (unpaired) electrons. The standard InChI is InChI=1S/C16H19F2NO3S/c1-10-13(6-9-23(10,21)22)19-15(20)16(7-3-8-16)14-11(17)4-2-5-12(14)18/h2,4-5,10,13H,3,6-9H2,1H3,(H,19,20)/t10-,13-/m0/s1. The Labute approximate surface area is 134 Å². The molecular weight excluding hydrogens is 324 g/mol. The smallest absolute Gasteiger partial charge is 0.231 e. The maximum absolute atomic E-state index is 14.1. The molecule has 0 aromatic heterocycles. The van der Waals surface area contributed by atoms with Crippen LogP contribution in [0, 0.1) is 11.6 Å². The van der Waals surface area contributed by atoms with E-state index < -0.39 is 44.1 Å². The summed E-state index contributed by atoms with van der Waals surface area (Å²) in [5.41, 5.74) is -1.42. The van der Waals surface area contributed by atoms with Gasteiger partial charge >= 0.3 is 0 Å². The lowest BCUT2D eigenvalue weighted by molar-refractivity contribution is -0.131. The van der Waals surface area contributed by atoms with Gasteiger partial charge in [-0.2, -0.15) is 0 Å². The number of rotatable bonds is 3. The van der Waals surface area contributed by atoms with E-state index in [1.165, 1.54) is 6.07 Å². The van der Waals surface area contributed by atoms with Gasteiger partial charge in [-0.1, -0.05) is 12.5 Å². The van der Waals surface area contributed by atoms with E-state index in [1.54, 1.807) is 6.92 Å². The lowest BCUT2D eigenvalue weighted by Gasteiger charge is -2.41. The normalized spacial score (nSPS) is 28.1. The molecule has 0 unspecified atom stereocenters. The van der Waals surface area contributed by atoms with Crippen LogP contribution in [-0.2, 0) is 20.0 Å². The van der Waals surface area contributed by atoms with Crippen molar-refractivity contribution in [2.45, 2.75) is 49.3 Å². The zero-order chi connectivity index (χ0) is 16.8. The van der Waals surface area contributed by atoms with E-state index in [0.29, 0.717) is 25.7 Å². The zero-order valence-electron chi connectivity index (χ0n) is 12.8. The Kier molecular flexibility index (Phi) is 3.94. The monoisotopic (exact) mass is 343 g/mol. The van der Waals surface area contributed by atoms with Gasteiger partial charge in [-0.15, -0.1) is 0 Å². The summed E-state index contributed by atoms with van der Waals surface area (Å²) in [5, 5.41) is 2.06. The second-order valence-electron chi connectivity index (χ2n) is 6.47. The van der Waals surface area contributed by atoms with Gasteiger partial charge in [0.05, 0.1) is 16.4 Å². The van der Waals surface area contributed by atoms with Gasteiger partial charge < -0.3 is 5.32 Å². The zero-order valence-corrected chi connectivity index (χ0v) is 13.6. The molecule has 2 atom stereocenters. The number of amides is 1. The van der Waals surface area contributed by atoms with Gasteiger partial charge in [0.25, 0.3) is 0 Å². The number of carbonyl (C=O) groups is 1. The lowest BCUT2D eigenvalue weighted by atomic mass is 9.63. The molecule has 1 N–H and O–H groups in total. The van der Waals surface area contributed by atoms with E-state index in [2.05, 4.69) is 5.32 Å². The fourth-order valence-corrected chi connectivity index (χ4v) is 5.19. The predicted molar refractivity (Wildman–Crippen MR) is 81.7 cm³/mol. The SMILES string of the molecule is C[C@H]1[C@@H](NC(=O)C2(c3c(F)cccc3F)CCC2)CCS1(=O)=O. The highest BCUT2D eigenvalue weighted by Crippen LogP contribution is 2.46. The van der Waals surface area contributed by atoms with Gasteiger partial charge in [-0.05, 0) is 38.3 Å². The van der Waals surface area contributed by atoms with Crippen molar-refractivity contribution in [3.8, 4) is 0 Å². The van der Waals surface area contributed by atoms with Gasteiger partial charge in [0, 0.05) is 11.6 Å². The highest BCUT2D eigenvalue weighted by Gasteiger charge is 2.50. The Morgan fingerprint density at radius 1 is 1.26 bits per heavy atom. The highest BCUT2D eigenvalue weighted by molar-refractivity contribution is 7.92. The summed E-state index contributed by atoms with van der Waals surface area (Å²) in [6, 6.07) is 3.06. The van der Waals surface area contributed by atoms with Crippen molar-refractivity contribution >= 4 is 15.7 Å². The van der Waals surface area contributed by atoms with E-state index >= 15 is 0 Å². The lowest BCUT2D eigenvalue weighted by Crippen LogP contribution is -2.54. The number of hydrogen-bond acceptors (Lipinski definition) is 3. The van der Waals surface area contributed by atoms with E-state index in [1.807, 2.05) is 0 Å². The largest absolute Gasteiger partial charge is 0.351 e. The van der Waals surface area contributed by atoms with Crippen LogP contribution >= 0.6 is 0 Å². The molecule has 126 valence electrons. The molecule has 1 aliphatic heterocycles. The molecule has 1 heterocycles. The van der Waals surface area contributed by atoms with Crippen LogP contribution in [0.25, 0.3) is 0 Å². The fraction of sp³-hybridized carbons (Fsp3) is 0.562. The Hall–Kier alpha value is -1.50. The molecule has 1 aromatic carbocycles. The first-order valence-corrected chi connectivity index (χ1v) is 9.46. The summed E-state index contributed by atoms with van der Waals surface area (Å²) < 4.78 is 51.8. The van der Waals surface area contributed by atoms with E-state index in [0.717, 1.165) is 12.1 Å². The first-order valence-electron chi connectivity index (χ1n) is 7.75. The van der Waals surface area contributed by atoms with Crippen LogP contribution in [0.1, 0.15) is 38.2 Å². The summed E-state index contributed by atoms with van der Waals surface area (Å²) in [4.78, 5) is 12.7. The van der Waals surface area contributed by atoms with Crippen LogP contribution in [0.5, 0.6) is 0 Å². The van der Waals surface area contributed by atoms with Crippen LogP contribution in [0.3, 0.4) is 0 Å². The number of halogens is 2. The average molecular weight is 343 g/mol. The van der Waals surface area contributed by atoms with E-state index in [-0.39, 0.29) is 11.3 Å². The van der Waals surface area contributed by atoms with Crippen molar-refractivity contribution in [2.75, 3.05) is 5.75 Å². The number of hydrogen-bond donors (Lipinski definition) is 1. The quantitative estimate of drug-likeness (QED) is 0.914. The number of nitrogens with one attached hydrogen (secondary N) is 1. The third kappa shape index (κ3) is 2.55. The molecule has 0 spiro atoms. The molecular formula is C16H19F2NO3S. The minimum Gasteiger partial charge on any atom is -0.351 e. The molecule has 1 saturated carbocycles. The molecule has 2 fully saturated rings. The molecule has 1 aromatic rings. The molecule has 1 aliphatic carbocycles. The maximum atomic E-state index is 14.1. The summed E-state index contributed by atoms with van der Waals surface area (Å²) in [7, 11) is -3.20. The minimum atomic E-state index is -3.20. The molecule has 2 aliphatic rings. The summed E-state index contributed by atoms with van der Waals surface area (Å²) in [6.07, 6.45) is 1.78. The van der Waals surface area contributed by atoms with Gasteiger partial charge in [0.1, 0.15) is 11.6 Å². The second-order valence-corrected chi connectivity index (χ2v) is 8.95. The molecule has 3 rings (SSSR count). The Balaban J connectivity index is 1.88. The molecule has 7 heteroatoms. The average Bonchev–Trinajstić information content (AvgIpc) is 2.68. The van der Waals surface area contributed by atoms with Crippen molar-refractivity contribution in [1.82, 2.24) is 5.32 Å². The summed E-state index contributed by atoms with van der Waals surface area (Å²) in [5.74, 6) is -1.90. The minimum absolute atomic E-state index is 0.0279. The summed E-state index contributed by atoms with van der Waals surface area (Å²) in [6.45, 7) is 1.56. The van der Waals surface area contributed by atoms with Crippen molar-refractivity contribution in [1.29, 1.82) is 0 Å². The van der Waals surface area contributed by atoms with E-state index in [9.17, 15) is 22.0 Å². The summed E-state index contributed by atoms with van der Waals surface area (Å²) >= 11 is 0. The Bertz CT molecular complexity index is 723. The predicted octanol–water partition coefficient (Wildman–Crippen LogP) is 2.08. The van der Waals surface area contributed by atoms with Crippen molar-refractivity contribution < 1.29 is 22.0 Å². The van der Waals surface area contributed by atoms with Gasteiger partial charge in [0.15, 0.2) is 9.84 Å². The topological polar surface area (TPSA) is 63.2 Å². The van der Waals surface area contributed by atoms with Gasteiger partial charge in [-0.25, -0.2) is 17.2 Å².